The maximum absolute atomic E-state index is 12.3. The molecule has 2 aromatic rings. The maximum atomic E-state index is 12.3. The molecule has 23 heavy (non-hydrogen) atoms. The zero-order valence-corrected chi connectivity index (χ0v) is 12.8. The van der Waals surface area contributed by atoms with Gasteiger partial charge in [0.2, 0.25) is 5.91 Å². The van der Waals surface area contributed by atoms with Gasteiger partial charge in [0.1, 0.15) is 6.54 Å². The fraction of sp³-hybridized carbons (Fsp3) is 0.467. The Kier molecular flexibility index (Phi) is 4.40. The lowest BCUT2D eigenvalue weighted by atomic mass is 9.95. The minimum atomic E-state index is -0.450. The minimum absolute atomic E-state index is 0.121. The first kappa shape index (κ1) is 15.3. The van der Waals surface area contributed by atoms with Crippen molar-refractivity contribution in [3.8, 4) is 5.69 Å². The Labute approximate surface area is 133 Å². The van der Waals surface area contributed by atoms with E-state index in [1.54, 1.807) is 24.3 Å². The summed E-state index contributed by atoms with van der Waals surface area (Å²) in [4.78, 5) is 24.3. The predicted octanol–water partition coefficient (Wildman–Crippen LogP) is 0.460. The normalized spacial score (nSPS) is 15.5. The molecular formula is C15H20N6O2. The van der Waals surface area contributed by atoms with Crippen molar-refractivity contribution in [2.75, 3.05) is 5.73 Å². The summed E-state index contributed by atoms with van der Waals surface area (Å²) in [5, 5.41) is 10.5. The molecule has 0 saturated heterocycles. The summed E-state index contributed by atoms with van der Waals surface area (Å²) in [6.07, 6.45) is 5.50. The van der Waals surface area contributed by atoms with Crippen LogP contribution in [0.25, 0.3) is 5.69 Å². The van der Waals surface area contributed by atoms with E-state index in [2.05, 4.69) is 15.7 Å². The Balaban J connectivity index is 1.68. The lowest BCUT2D eigenvalue weighted by Gasteiger charge is -2.22. The Morgan fingerprint density at radius 3 is 2.57 bits per heavy atom. The largest absolute Gasteiger partial charge is 0.399 e. The van der Waals surface area contributed by atoms with Crippen LogP contribution >= 0.6 is 0 Å². The third kappa shape index (κ3) is 3.58. The molecule has 0 radical (unpaired) electrons. The van der Waals surface area contributed by atoms with Gasteiger partial charge in [0, 0.05) is 11.7 Å². The maximum Gasteiger partial charge on any atom is 0.368 e. The molecule has 1 heterocycles. The summed E-state index contributed by atoms with van der Waals surface area (Å²) in [5.74, 6) is -0.205. The van der Waals surface area contributed by atoms with Crippen LogP contribution < -0.4 is 16.7 Å². The van der Waals surface area contributed by atoms with Crippen molar-refractivity contribution in [3.05, 3.63) is 34.7 Å². The molecule has 0 aliphatic heterocycles. The Morgan fingerprint density at radius 1 is 1.17 bits per heavy atom. The van der Waals surface area contributed by atoms with Gasteiger partial charge in [-0.15, -0.1) is 0 Å². The van der Waals surface area contributed by atoms with Gasteiger partial charge >= 0.3 is 5.69 Å². The number of tetrazole rings is 1. The lowest BCUT2D eigenvalue weighted by Crippen LogP contribution is -2.40. The SMILES string of the molecule is Nc1ccc(-n2nnn(CC(=O)NC3CCCCC3)c2=O)cc1. The molecular weight excluding hydrogens is 296 g/mol. The molecule has 3 rings (SSSR count). The highest BCUT2D eigenvalue weighted by Gasteiger charge is 2.17. The van der Waals surface area contributed by atoms with Crippen molar-refractivity contribution in [2.24, 2.45) is 0 Å². The third-order valence-corrected chi connectivity index (χ3v) is 4.04. The number of nitrogens with one attached hydrogen (secondary N) is 1. The number of nitrogen functional groups attached to an aromatic ring is 1. The molecule has 3 N–H and O–H groups in total. The van der Waals surface area contributed by atoms with Gasteiger partial charge in [0.25, 0.3) is 0 Å². The summed E-state index contributed by atoms with van der Waals surface area (Å²) in [6, 6.07) is 6.92. The van der Waals surface area contributed by atoms with Gasteiger partial charge in [-0.05, 0) is 47.5 Å². The number of nitrogens with two attached hydrogens (primary N) is 1. The zero-order valence-electron chi connectivity index (χ0n) is 12.8. The van der Waals surface area contributed by atoms with E-state index in [4.69, 9.17) is 5.73 Å². The van der Waals surface area contributed by atoms with Gasteiger partial charge in [-0.2, -0.15) is 9.36 Å². The van der Waals surface area contributed by atoms with E-state index >= 15 is 0 Å². The average Bonchev–Trinajstić information content (AvgIpc) is 2.90. The second-order valence-electron chi connectivity index (χ2n) is 5.82. The highest BCUT2D eigenvalue weighted by molar-refractivity contribution is 5.75. The first-order chi connectivity index (χ1) is 11.1. The fourth-order valence-electron chi connectivity index (χ4n) is 2.81. The van der Waals surface area contributed by atoms with E-state index in [1.807, 2.05) is 0 Å². The van der Waals surface area contributed by atoms with E-state index in [0.29, 0.717) is 11.4 Å². The molecule has 1 aromatic heterocycles. The van der Waals surface area contributed by atoms with Gasteiger partial charge in [-0.3, -0.25) is 4.79 Å². The molecule has 0 unspecified atom stereocenters. The molecule has 1 saturated carbocycles. The second-order valence-corrected chi connectivity index (χ2v) is 5.82. The van der Waals surface area contributed by atoms with Crippen LogP contribution in [0.1, 0.15) is 32.1 Å². The standard InChI is InChI=1S/C15H20N6O2/c16-11-6-8-13(9-7-11)21-15(23)20(18-19-21)10-14(22)17-12-4-2-1-3-5-12/h6-9,12H,1-5,10,16H2,(H,17,22). The molecule has 1 fully saturated rings. The van der Waals surface area contributed by atoms with Crippen LogP contribution in [0.5, 0.6) is 0 Å². The van der Waals surface area contributed by atoms with Gasteiger partial charge < -0.3 is 11.1 Å². The first-order valence-corrected chi connectivity index (χ1v) is 7.81. The van der Waals surface area contributed by atoms with Crippen LogP contribution in [0, 0.1) is 0 Å². The quantitative estimate of drug-likeness (QED) is 0.797. The molecule has 1 amide bonds. The molecule has 0 bridgehead atoms. The van der Waals surface area contributed by atoms with Crippen LogP contribution in [0.4, 0.5) is 5.69 Å². The number of carbonyl (C=O) groups is 1. The number of carbonyl (C=O) groups excluding carboxylic acids is 1. The molecule has 0 atom stereocenters. The van der Waals surface area contributed by atoms with E-state index in [1.165, 1.54) is 6.42 Å². The predicted molar refractivity (Wildman–Crippen MR) is 85.0 cm³/mol. The summed E-state index contributed by atoms with van der Waals surface area (Å²) in [6.45, 7) is -0.121. The van der Waals surface area contributed by atoms with E-state index in [9.17, 15) is 9.59 Å². The number of hydrogen-bond acceptors (Lipinski definition) is 5. The Morgan fingerprint density at radius 2 is 1.87 bits per heavy atom. The Hall–Kier alpha value is -2.64. The number of anilines is 1. The Bertz CT molecular complexity index is 727. The van der Waals surface area contributed by atoms with Gasteiger partial charge in [0.05, 0.1) is 5.69 Å². The van der Waals surface area contributed by atoms with Gasteiger partial charge in [-0.1, -0.05) is 19.3 Å². The topological polar surface area (TPSA) is 108 Å². The van der Waals surface area contributed by atoms with Crippen LogP contribution in [-0.2, 0) is 11.3 Å². The molecule has 122 valence electrons. The number of benzene rings is 1. The van der Waals surface area contributed by atoms with Crippen LogP contribution in [-0.4, -0.2) is 31.7 Å². The van der Waals surface area contributed by atoms with Gasteiger partial charge in [-0.25, -0.2) is 4.79 Å². The van der Waals surface area contributed by atoms with Crippen molar-refractivity contribution in [2.45, 2.75) is 44.7 Å². The summed E-state index contributed by atoms with van der Waals surface area (Å²) in [5.41, 5.74) is 6.33. The van der Waals surface area contributed by atoms with Crippen molar-refractivity contribution in [3.63, 3.8) is 0 Å². The van der Waals surface area contributed by atoms with E-state index in [-0.39, 0.29) is 18.5 Å². The zero-order chi connectivity index (χ0) is 16.2. The number of aromatic nitrogens is 4. The lowest BCUT2D eigenvalue weighted by molar-refractivity contribution is -0.122. The van der Waals surface area contributed by atoms with E-state index < -0.39 is 5.69 Å². The van der Waals surface area contributed by atoms with E-state index in [0.717, 1.165) is 35.0 Å². The van der Waals surface area contributed by atoms with Crippen LogP contribution in [0.2, 0.25) is 0 Å². The average molecular weight is 316 g/mol. The third-order valence-electron chi connectivity index (χ3n) is 4.04. The van der Waals surface area contributed by atoms with Crippen molar-refractivity contribution in [1.29, 1.82) is 0 Å². The highest BCUT2D eigenvalue weighted by Crippen LogP contribution is 2.17. The minimum Gasteiger partial charge on any atom is -0.399 e. The van der Waals surface area contributed by atoms with Crippen LogP contribution in [0.3, 0.4) is 0 Å². The smallest absolute Gasteiger partial charge is 0.368 e. The molecule has 1 aliphatic rings. The molecule has 1 aliphatic carbocycles. The summed E-state index contributed by atoms with van der Waals surface area (Å²) < 4.78 is 2.21. The summed E-state index contributed by atoms with van der Waals surface area (Å²) in [7, 11) is 0. The molecule has 1 aromatic carbocycles. The number of hydrogen-bond donors (Lipinski definition) is 2. The van der Waals surface area contributed by atoms with Crippen molar-refractivity contribution >= 4 is 11.6 Å². The number of amides is 1. The molecule has 0 spiro atoms. The summed E-state index contributed by atoms with van der Waals surface area (Å²) >= 11 is 0. The fourth-order valence-corrected chi connectivity index (χ4v) is 2.81. The van der Waals surface area contributed by atoms with Gasteiger partial charge in [0.15, 0.2) is 0 Å². The van der Waals surface area contributed by atoms with Crippen molar-refractivity contribution < 1.29 is 4.79 Å². The second kappa shape index (κ2) is 6.64. The number of nitrogens with zero attached hydrogens (tertiary/aromatic N) is 4. The molecule has 8 nitrogen and oxygen atoms in total. The van der Waals surface area contributed by atoms with Crippen LogP contribution in [0.15, 0.2) is 29.1 Å². The van der Waals surface area contributed by atoms with Crippen molar-refractivity contribution in [1.82, 2.24) is 25.1 Å². The monoisotopic (exact) mass is 316 g/mol. The number of rotatable bonds is 4. The highest BCUT2D eigenvalue weighted by atomic mass is 16.2. The molecule has 8 heteroatoms. The first-order valence-electron chi connectivity index (χ1n) is 7.81.